The number of carbonyl (C=O) groups excluding carboxylic acids is 2. The van der Waals surface area contributed by atoms with E-state index in [-0.39, 0.29) is 31.3 Å². The minimum Gasteiger partial charge on any atom is -0.454 e. The van der Waals surface area contributed by atoms with Gasteiger partial charge in [-0.2, -0.15) is 0 Å². The molecule has 0 spiro atoms. The van der Waals surface area contributed by atoms with Crippen molar-refractivity contribution in [2.75, 3.05) is 25.3 Å². The van der Waals surface area contributed by atoms with E-state index in [2.05, 4.69) is 10.6 Å². The Morgan fingerprint density at radius 1 is 1.13 bits per heavy atom. The van der Waals surface area contributed by atoms with Crippen LogP contribution in [0.1, 0.15) is 25.7 Å². The summed E-state index contributed by atoms with van der Waals surface area (Å²) >= 11 is 0. The molecule has 2 N–H and O–H groups in total. The van der Waals surface area contributed by atoms with Crippen LogP contribution in [-0.2, 0) is 14.3 Å². The van der Waals surface area contributed by atoms with E-state index >= 15 is 0 Å². The maximum atomic E-state index is 11.9. The molecule has 0 bridgehead atoms. The molecule has 0 aromatic heterocycles. The summed E-state index contributed by atoms with van der Waals surface area (Å²) in [7, 11) is 0. The number of ether oxygens (including phenoxy) is 3. The molecule has 1 aromatic carbocycles. The Bertz CT molecular complexity index is 584. The summed E-state index contributed by atoms with van der Waals surface area (Å²) in [5, 5.41) is 5.33. The van der Waals surface area contributed by atoms with E-state index in [1.807, 2.05) is 0 Å². The molecule has 1 atom stereocenters. The minimum absolute atomic E-state index is 0.0272. The van der Waals surface area contributed by atoms with E-state index < -0.39 is 0 Å². The fourth-order valence-corrected chi connectivity index (χ4v) is 2.61. The highest BCUT2D eigenvalue weighted by Crippen LogP contribution is 2.34. The lowest BCUT2D eigenvalue weighted by Gasteiger charge is -2.21. The average molecular weight is 320 g/mol. The SMILES string of the molecule is O=C(CC1CCCCO1)NCC(=O)Nc1ccc2c(c1)OCO2. The topological polar surface area (TPSA) is 85.9 Å². The number of hydrogen-bond acceptors (Lipinski definition) is 5. The molecule has 2 aliphatic heterocycles. The van der Waals surface area contributed by atoms with Crippen LogP contribution in [0.25, 0.3) is 0 Å². The van der Waals surface area contributed by atoms with Crippen LogP contribution in [-0.4, -0.2) is 37.9 Å². The highest BCUT2D eigenvalue weighted by molar-refractivity contribution is 5.94. The molecule has 0 radical (unpaired) electrons. The smallest absolute Gasteiger partial charge is 0.243 e. The van der Waals surface area contributed by atoms with Crippen molar-refractivity contribution in [3.8, 4) is 11.5 Å². The fraction of sp³-hybridized carbons (Fsp3) is 0.500. The summed E-state index contributed by atoms with van der Waals surface area (Å²) in [5.74, 6) is 0.796. The summed E-state index contributed by atoms with van der Waals surface area (Å²) in [6.45, 7) is 0.828. The first kappa shape index (κ1) is 15.6. The zero-order valence-corrected chi connectivity index (χ0v) is 12.8. The van der Waals surface area contributed by atoms with Gasteiger partial charge in [-0.15, -0.1) is 0 Å². The Morgan fingerprint density at radius 3 is 2.83 bits per heavy atom. The molecular weight excluding hydrogens is 300 g/mol. The van der Waals surface area contributed by atoms with Crippen molar-refractivity contribution in [3.05, 3.63) is 18.2 Å². The largest absolute Gasteiger partial charge is 0.454 e. The molecule has 2 heterocycles. The second kappa shape index (κ2) is 7.32. The average Bonchev–Trinajstić information content (AvgIpc) is 3.01. The normalized spacial score (nSPS) is 19.2. The van der Waals surface area contributed by atoms with Gasteiger partial charge in [0.15, 0.2) is 11.5 Å². The summed E-state index contributed by atoms with van der Waals surface area (Å²) in [4.78, 5) is 23.7. The Kier molecular flexibility index (Phi) is 4.97. The molecular formula is C16H20N2O5. The van der Waals surface area contributed by atoms with Crippen molar-refractivity contribution in [2.45, 2.75) is 31.8 Å². The number of benzene rings is 1. The lowest BCUT2D eigenvalue weighted by atomic mass is 10.1. The van der Waals surface area contributed by atoms with Crippen molar-refractivity contribution < 1.29 is 23.8 Å². The van der Waals surface area contributed by atoms with E-state index in [0.717, 1.165) is 19.3 Å². The van der Waals surface area contributed by atoms with Gasteiger partial charge < -0.3 is 24.8 Å². The van der Waals surface area contributed by atoms with Gasteiger partial charge in [-0.1, -0.05) is 0 Å². The van der Waals surface area contributed by atoms with Crippen LogP contribution in [0.3, 0.4) is 0 Å². The summed E-state index contributed by atoms with van der Waals surface area (Å²) in [6, 6.07) is 5.15. The Morgan fingerprint density at radius 2 is 2.00 bits per heavy atom. The van der Waals surface area contributed by atoms with Crippen LogP contribution >= 0.6 is 0 Å². The molecule has 0 saturated carbocycles. The number of nitrogens with one attached hydrogen (secondary N) is 2. The van der Waals surface area contributed by atoms with Gasteiger partial charge in [0.05, 0.1) is 19.1 Å². The highest BCUT2D eigenvalue weighted by atomic mass is 16.7. The van der Waals surface area contributed by atoms with Crippen molar-refractivity contribution in [3.63, 3.8) is 0 Å². The van der Waals surface area contributed by atoms with Gasteiger partial charge in [0.2, 0.25) is 18.6 Å². The first-order valence-electron chi connectivity index (χ1n) is 7.78. The van der Waals surface area contributed by atoms with Crippen LogP contribution in [0.5, 0.6) is 11.5 Å². The van der Waals surface area contributed by atoms with Gasteiger partial charge in [0.1, 0.15) is 0 Å². The van der Waals surface area contributed by atoms with Crippen molar-refractivity contribution in [1.82, 2.24) is 5.32 Å². The van der Waals surface area contributed by atoms with Crippen molar-refractivity contribution in [2.24, 2.45) is 0 Å². The molecule has 23 heavy (non-hydrogen) atoms. The van der Waals surface area contributed by atoms with Gasteiger partial charge in [0, 0.05) is 18.4 Å². The molecule has 124 valence electrons. The fourth-order valence-electron chi connectivity index (χ4n) is 2.61. The molecule has 7 nitrogen and oxygen atoms in total. The number of anilines is 1. The molecule has 1 fully saturated rings. The third-order valence-corrected chi connectivity index (χ3v) is 3.79. The zero-order chi connectivity index (χ0) is 16.1. The van der Waals surface area contributed by atoms with Crippen LogP contribution in [0.4, 0.5) is 5.69 Å². The quantitative estimate of drug-likeness (QED) is 0.857. The summed E-state index contributed by atoms with van der Waals surface area (Å²) in [5.41, 5.74) is 0.601. The van der Waals surface area contributed by atoms with Crippen LogP contribution in [0.2, 0.25) is 0 Å². The van der Waals surface area contributed by atoms with Gasteiger partial charge in [0.25, 0.3) is 0 Å². The summed E-state index contributed by atoms with van der Waals surface area (Å²) < 4.78 is 16.0. The van der Waals surface area contributed by atoms with Gasteiger partial charge in [-0.3, -0.25) is 9.59 Å². The number of rotatable bonds is 5. The Labute approximate surface area is 134 Å². The summed E-state index contributed by atoms with van der Waals surface area (Å²) in [6.07, 6.45) is 3.31. The zero-order valence-electron chi connectivity index (χ0n) is 12.8. The monoisotopic (exact) mass is 320 g/mol. The predicted octanol–water partition coefficient (Wildman–Crippen LogP) is 1.43. The highest BCUT2D eigenvalue weighted by Gasteiger charge is 2.18. The molecule has 3 rings (SSSR count). The molecule has 7 heteroatoms. The van der Waals surface area contributed by atoms with E-state index in [1.165, 1.54) is 0 Å². The number of carbonyl (C=O) groups is 2. The van der Waals surface area contributed by atoms with Crippen LogP contribution < -0.4 is 20.1 Å². The Balaban J connectivity index is 1.41. The number of fused-ring (bicyclic) bond motifs is 1. The second-order valence-electron chi connectivity index (χ2n) is 5.59. The molecule has 1 unspecified atom stereocenters. The predicted molar refractivity (Wildman–Crippen MR) is 82.4 cm³/mol. The lowest BCUT2D eigenvalue weighted by molar-refractivity contribution is -0.127. The second-order valence-corrected chi connectivity index (χ2v) is 5.59. The molecule has 2 amide bonds. The van der Waals surface area contributed by atoms with Gasteiger partial charge >= 0.3 is 0 Å². The maximum Gasteiger partial charge on any atom is 0.243 e. The van der Waals surface area contributed by atoms with Crippen LogP contribution in [0.15, 0.2) is 18.2 Å². The number of hydrogen-bond donors (Lipinski definition) is 2. The van der Waals surface area contributed by atoms with E-state index in [9.17, 15) is 9.59 Å². The van der Waals surface area contributed by atoms with Gasteiger partial charge in [-0.05, 0) is 31.4 Å². The lowest BCUT2D eigenvalue weighted by Crippen LogP contribution is -2.35. The van der Waals surface area contributed by atoms with E-state index in [4.69, 9.17) is 14.2 Å². The van der Waals surface area contributed by atoms with Crippen molar-refractivity contribution >= 4 is 17.5 Å². The van der Waals surface area contributed by atoms with E-state index in [0.29, 0.717) is 30.2 Å². The molecule has 1 aromatic rings. The standard InChI is InChI=1S/C16H20N2O5/c19-15(8-12-3-1-2-6-21-12)17-9-16(20)18-11-4-5-13-14(7-11)23-10-22-13/h4-5,7,12H,1-3,6,8-10H2,(H,17,19)(H,18,20). The first-order valence-corrected chi connectivity index (χ1v) is 7.78. The molecule has 1 saturated heterocycles. The molecule has 2 aliphatic rings. The van der Waals surface area contributed by atoms with Crippen LogP contribution in [0, 0.1) is 0 Å². The van der Waals surface area contributed by atoms with E-state index in [1.54, 1.807) is 18.2 Å². The third kappa shape index (κ3) is 4.35. The third-order valence-electron chi connectivity index (χ3n) is 3.79. The maximum absolute atomic E-state index is 11.9. The van der Waals surface area contributed by atoms with Gasteiger partial charge in [-0.25, -0.2) is 0 Å². The minimum atomic E-state index is -0.290. The Hall–Kier alpha value is -2.28. The first-order chi connectivity index (χ1) is 11.2. The molecule has 0 aliphatic carbocycles. The van der Waals surface area contributed by atoms with Crippen molar-refractivity contribution in [1.29, 1.82) is 0 Å². The number of amides is 2.